The standard InChI is InChI=1S/C22H19ClFN3O3/c23-15-8-6-13(7-9-15)19-11-18(21(29)25-12-20(28)14-4-5-14)22(30)27(26-19)17-3-1-2-16(24)10-17/h1-3,6-11,14,20,28H,4-5,12H2,(H,25,29)/t20-/m0/s1. The average Bonchev–Trinajstić information content (AvgIpc) is 3.58. The fourth-order valence-electron chi connectivity index (χ4n) is 3.14. The minimum atomic E-state index is -0.684. The summed E-state index contributed by atoms with van der Waals surface area (Å²) in [5.74, 6) is -0.963. The molecule has 2 N–H and O–H groups in total. The van der Waals surface area contributed by atoms with Crippen LogP contribution in [-0.2, 0) is 0 Å². The Balaban J connectivity index is 1.76. The molecule has 30 heavy (non-hydrogen) atoms. The summed E-state index contributed by atoms with van der Waals surface area (Å²) in [6.07, 6.45) is 1.22. The molecule has 1 atom stereocenters. The molecule has 4 rings (SSSR count). The zero-order chi connectivity index (χ0) is 21.3. The number of benzene rings is 2. The van der Waals surface area contributed by atoms with Gasteiger partial charge in [0.2, 0.25) is 0 Å². The second-order valence-corrected chi connectivity index (χ2v) is 7.70. The zero-order valence-corrected chi connectivity index (χ0v) is 16.6. The number of hydrogen-bond acceptors (Lipinski definition) is 4. The highest BCUT2D eigenvalue weighted by molar-refractivity contribution is 6.30. The van der Waals surface area contributed by atoms with Gasteiger partial charge in [0.1, 0.15) is 11.4 Å². The van der Waals surface area contributed by atoms with E-state index in [0.717, 1.165) is 17.5 Å². The molecule has 6 nitrogen and oxygen atoms in total. The molecule has 0 bridgehead atoms. The quantitative estimate of drug-likeness (QED) is 0.632. The Kier molecular flexibility index (Phi) is 5.65. The largest absolute Gasteiger partial charge is 0.391 e. The lowest BCUT2D eigenvalue weighted by Crippen LogP contribution is -2.38. The third-order valence-corrected chi connectivity index (χ3v) is 5.24. The molecule has 0 radical (unpaired) electrons. The van der Waals surface area contributed by atoms with Crippen molar-refractivity contribution in [3.8, 4) is 16.9 Å². The van der Waals surface area contributed by atoms with Gasteiger partial charge < -0.3 is 10.4 Å². The summed E-state index contributed by atoms with van der Waals surface area (Å²) in [4.78, 5) is 25.7. The number of hydrogen-bond donors (Lipinski definition) is 2. The van der Waals surface area contributed by atoms with E-state index in [1.54, 1.807) is 24.3 Å². The third-order valence-electron chi connectivity index (χ3n) is 4.99. The van der Waals surface area contributed by atoms with Gasteiger partial charge in [0.15, 0.2) is 0 Å². The number of amides is 1. The highest BCUT2D eigenvalue weighted by Gasteiger charge is 2.30. The molecule has 154 valence electrons. The van der Waals surface area contributed by atoms with E-state index in [4.69, 9.17) is 11.6 Å². The number of nitrogens with one attached hydrogen (secondary N) is 1. The Morgan fingerprint density at radius 3 is 2.63 bits per heavy atom. The van der Waals surface area contributed by atoms with Crippen LogP contribution in [0.2, 0.25) is 5.02 Å². The van der Waals surface area contributed by atoms with Crippen LogP contribution in [0.3, 0.4) is 0 Å². The normalized spacial score (nSPS) is 14.4. The molecule has 8 heteroatoms. The maximum absolute atomic E-state index is 13.7. The number of aromatic nitrogens is 2. The number of aliphatic hydroxyl groups is 1. The molecule has 1 fully saturated rings. The minimum absolute atomic E-state index is 0.0570. The van der Waals surface area contributed by atoms with Crippen LogP contribution in [0.25, 0.3) is 16.9 Å². The first-order chi connectivity index (χ1) is 14.4. The Morgan fingerprint density at radius 1 is 1.23 bits per heavy atom. The second-order valence-electron chi connectivity index (χ2n) is 7.26. The van der Waals surface area contributed by atoms with E-state index in [0.29, 0.717) is 16.3 Å². The van der Waals surface area contributed by atoms with Crippen LogP contribution in [0.1, 0.15) is 23.2 Å². The average molecular weight is 428 g/mol. The Bertz CT molecular complexity index is 1140. The molecule has 1 aliphatic rings. The van der Waals surface area contributed by atoms with Gasteiger partial charge in [-0.1, -0.05) is 29.8 Å². The van der Waals surface area contributed by atoms with Crippen molar-refractivity contribution in [2.75, 3.05) is 6.54 Å². The van der Waals surface area contributed by atoms with E-state index in [9.17, 15) is 19.1 Å². The van der Waals surface area contributed by atoms with Gasteiger partial charge >= 0.3 is 0 Å². The van der Waals surface area contributed by atoms with Gasteiger partial charge in [-0.2, -0.15) is 9.78 Å². The number of aliphatic hydroxyl groups excluding tert-OH is 1. The van der Waals surface area contributed by atoms with E-state index in [1.165, 1.54) is 30.3 Å². The summed E-state index contributed by atoms with van der Waals surface area (Å²) < 4.78 is 14.7. The highest BCUT2D eigenvalue weighted by atomic mass is 35.5. The molecule has 1 aromatic heterocycles. The van der Waals surface area contributed by atoms with E-state index in [-0.39, 0.29) is 23.7 Å². The van der Waals surface area contributed by atoms with Gasteiger partial charge in [0.25, 0.3) is 11.5 Å². The SMILES string of the molecule is O=C(NC[C@H](O)C1CC1)c1cc(-c2ccc(Cl)cc2)nn(-c2cccc(F)c2)c1=O. The number of carbonyl (C=O) groups excluding carboxylic acids is 1. The molecular formula is C22H19ClFN3O3. The van der Waals surface area contributed by atoms with Crippen molar-refractivity contribution in [3.05, 3.63) is 81.4 Å². The molecule has 1 aliphatic carbocycles. The van der Waals surface area contributed by atoms with Crippen molar-refractivity contribution in [3.63, 3.8) is 0 Å². The Labute approximate surface area is 176 Å². The second kappa shape index (κ2) is 8.38. The van der Waals surface area contributed by atoms with Crippen LogP contribution >= 0.6 is 11.6 Å². The van der Waals surface area contributed by atoms with Gasteiger partial charge in [-0.3, -0.25) is 9.59 Å². The molecule has 0 aliphatic heterocycles. The third kappa shape index (κ3) is 4.42. The summed E-state index contributed by atoms with van der Waals surface area (Å²) in [5.41, 5.74) is 0.349. The summed E-state index contributed by atoms with van der Waals surface area (Å²) in [6, 6.07) is 13.6. The van der Waals surface area contributed by atoms with Gasteiger partial charge in [-0.15, -0.1) is 0 Å². The van der Waals surface area contributed by atoms with Crippen molar-refractivity contribution >= 4 is 17.5 Å². The van der Waals surface area contributed by atoms with Crippen molar-refractivity contribution in [1.82, 2.24) is 15.1 Å². The van der Waals surface area contributed by atoms with Crippen LogP contribution < -0.4 is 10.9 Å². The van der Waals surface area contributed by atoms with Crippen LogP contribution in [0.4, 0.5) is 4.39 Å². The number of nitrogens with zero attached hydrogens (tertiary/aromatic N) is 2. The van der Waals surface area contributed by atoms with Crippen LogP contribution in [-0.4, -0.2) is 33.4 Å². The summed E-state index contributed by atoms with van der Waals surface area (Å²) in [7, 11) is 0. The highest BCUT2D eigenvalue weighted by Crippen LogP contribution is 2.32. The van der Waals surface area contributed by atoms with Crippen LogP contribution in [0.5, 0.6) is 0 Å². The maximum atomic E-state index is 13.7. The molecule has 1 saturated carbocycles. The van der Waals surface area contributed by atoms with Gasteiger partial charge in [-0.25, -0.2) is 4.39 Å². The number of halogens is 2. The lowest BCUT2D eigenvalue weighted by molar-refractivity contribution is 0.0899. The summed E-state index contributed by atoms with van der Waals surface area (Å²) in [6.45, 7) is 0.0570. The first kappa shape index (κ1) is 20.3. The first-order valence-corrected chi connectivity index (χ1v) is 9.92. The molecule has 2 aromatic carbocycles. The van der Waals surface area contributed by atoms with Crippen molar-refractivity contribution < 1.29 is 14.3 Å². The topological polar surface area (TPSA) is 84.2 Å². The lowest BCUT2D eigenvalue weighted by atomic mass is 10.1. The molecule has 0 spiro atoms. The van der Waals surface area contributed by atoms with Gasteiger partial charge in [0, 0.05) is 17.1 Å². The van der Waals surface area contributed by atoms with Crippen LogP contribution in [0, 0.1) is 11.7 Å². The summed E-state index contributed by atoms with van der Waals surface area (Å²) in [5, 5.41) is 17.5. The Morgan fingerprint density at radius 2 is 1.97 bits per heavy atom. The number of rotatable bonds is 6. The fourth-order valence-corrected chi connectivity index (χ4v) is 3.27. The van der Waals surface area contributed by atoms with E-state index < -0.39 is 23.4 Å². The van der Waals surface area contributed by atoms with Crippen molar-refractivity contribution in [2.24, 2.45) is 5.92 Å². The zero-order valence-electron chi connectivity index (χ0n) is 15.9. The van der Waals surface area contributed by atoms with E-state index >= 15 is 0 Å². The predicted molar refractivity (Wildman–Crippen MR) is 111 cm³/mol. The van der Waals surface area contributed by atoms with Gasteiger partial charge in [-0.05, 0) is 55.2 Å². The molecule has 3 aromatic rings. The molecule has 0 unspecified atom stereocenters. The maximum Gasteiger partial charge on any atom is 0.284 e. The fraction of sp³-hybridized carbons (Fsp3) is 0.227. The predicted octanol–water partition coefficient (Wildman–Crippen LogP) is 3.19. The molecule has 1 heterocycles. The van der Waals surface area contributed by atoms with Gasteiger partial charge in [0.05, 0.1) is 17.5 Å². The first-order valence-electron chi connectivity index (χ1n) is 9.55. The summed E-state index contributed by atoms with van der Waals surface area (Å²) >= 11 is 5.95. The minimum Gasteiger partial charge on any atom is -0.391 e. The van der Waals surface area contributed by atoms with E-state index in [1.807, 2.05) is 0 Å². The Hall–Kier alpha value is -3.03. The van der Waals surface area contributed by atoms with E-state index in [2.05, 4.69) is 10.4 Å². The number of carbonyl (C=O) groups is 1. The lowest BCUT2D eigenvalue weighted by Gasteiger charge is -2.13. The molecule has 1 amide bonds. The van der Waals surface area contributed by atoms with Crippen molar-refractivity contribution in [2.45, 2.75) is 18.9 Å². The molecular weight excluding hydrogens is 409 g/mol. The smallest absolute Gasteiger partial charge is 0.284 e. The molecule has 0 saturated heterocycles. The van der Waals surface area contributed by atoms with Crippen molar-refractivity contribution in [1.29, 1.82) is 0 Å². The monoisotopic (exact) mass is 427 g/mol. The van der Waals surface area contributed by atoms with Crippen LogP contribution in [0.15, 0.2) is 59.4 Å².